The molecule has 0 aliphatic heterocycles. The van der Waals surface area contributed by atoms with Gasteiger partial charge in [-0.2, -0.15) is 0 Å². The molecule has 0 fully saturated rings. The average Bonchev–Trinajstić information content (AvgIpc) is 3.11. The first kappa shape index (κ1) is 19.0. The van der Waals surface area contributed by atoms with Crippen LogP contribution in [-0.2, 0) is 14.3 Å². The maximum atomic E-state index is 11.8. The predicted octanol–water partition coefficient (Wildman–Crippen LogP) is 3.01. The fourth-order valence-electron chi connectivity index (χ4n) is 1.86. The van der Waals surface area contributed by atoms with Gasteiger partial charge in [-0.15, -0.1) is 11.3 Å². The number of hydrogen-bond donors (Lipinski definition) is 2. The van der Waals surface area contributed by atoms with Crippen molar-refractivity contribution in [3.8, 4) is 0 Å². The summed E-state index contributed by atoms with van der Waals surface area (Å²) in [5.41, 5.74) is 1.43. The van der Waals surface area contributed by atoms with Crippen LogP contribution in [0.3, 0.4) is 0 Å². The van der Waals surface area contributed by atoms with E-state index in [2.05, 4.69) is 10.6 Å². The van der Waals surface area contributed by atoms with Gasteiger partial charge in [0.2, 0.25) is 0 Å². The number of benzene rings is 1. The molecule has 8 heteroatoms. The topological polar surface area (TPSA) is 84.5 Å². The minimum Gasteiger partial charge on any atom is -0.456 e. The van der Waals surface area contributed by atoms with Gasteiger partial charge >= 0.3 is 5.97 Å². The van der Waals surface area contributed by atoms with E-state index in [0.29, 0.717) is 15.6 Å². The van der Waals surface area contributed by atoms with Crippen LogP contribution in [0, 0.1) is 6.92 Å². The normalized spacial score (nSPS) is 10.2. The number of ether oxygens (including phenoxy) is 1. The Kier molecular flexibility index (Phi) is 6.97. The van der Waals surface area contributed by atoms with Gasteiger partial charge in [0, 0.05) is 17.3 Å². The first-order chi connectivity index (χ1) is 12.0. The van der Waals surface area contributed by atoms with Crippen LogP contribution in [0.2, 0.25) is 5.02 Å². The summed E-state index contributed by atoms with van der Waals surface area (Å²) in [5.74, 6) is -1.27. The Labute approximate surface area is 154 Å². The molecule has 0 bridgehead atoms. The Morgan fingerprint density at radius 1 is 1.24 bits per heavy atom. The molecule has 1 heterocycles. The van der Waals surface area contributed by atoms with Crippen LogP contribution in [-0.4, -0.2) is 30.9 Å². The minimum atomic E-state index is -0.566. The number of halogens is 1. The Morgan fingerprint density at radius 3 is 2.72 bits per heavy atom. The highest BCUT2D eigenvalue weighted by Crippen LogP contribution is 2.19. The highest BCUT2D eigenvalue weighted by Gasteiger charge is 2.10. The Bertz CT molecular complexity index is 762. The van der Waals surface area contributed by atoms with Gasteiger partial charge in [0.25, 0.3) is 11.8 Å². The number of nitrogens with one attached hydrogen (secondary N) is 2. The van der Waals surface area contributed by atoms with Crippen LogP contribution < -0.4 is 10.6 Å². The molecule has 25 heavy (non-hydrogen) atoms. The molecule has 0 atom stereocenters. The van der Waals surface area contributed by atoms with Crippen LogP contribution in [0.1, 0.15) is 21.7 Å². The van der Waals surface area contributed by atoms with E-state index >= 15 is 0 Å². The van der Waals surface area contributed by atoms with E-state index in [-0.39, 0.29) is 18.9 Å². The van der Waals surface area contributed by atoms with E-state index in [1.165, 1.54) is 11.3 Å². The number of carbonyl (C=O) groups is 3. The van der Waals surface area contributed by atoms with Gasteiger partial charge in [-0.3, -0.25) is 14.4 Å². The van der Waals surface area contributed by atoms with Gasteiger partial charge in [0.05, 0.1) is 11.3 Å². The molecule has 2 N–H and O–H groups in total. The molecule has 0 unspecified atom stereocenters. The Hall–Kier alpha value is -2.38. The summed E-state index contributed by atoms with van der Waals surface area (Å²) in [6, 6.07) is 8.58. The quantitative estimate of drug-likeness (QED) is 0.723. The first-order valence-corrected chi connectivity index (χ1v) is 8.75. The van der Waals surface area contributed by atoms with Crippen LogP contribution in [0.15, 0.2) is 35.7 Å². The molecular formula is C17H17ClN2O4S. The molecule has 0 radical (unpaired) electrons. The summed E-state index contributed by atoms with van der Waals surface area (Å²) in [6.07, 6.45) is -0.0131. The maximum Gasteiger partial charge on any atom is 0.308 e. The number of thiophene rings is 1. The summed E-state index contributed by atoms with van der Waals surface area (Å²) >= 11 is 7.29. The highest BCUT2D eigenvalue weighted by atomic mass is 35.5. The zero-order valence-electron chi connectivity index (χ0n) is 13.5. The molecule has 0 aliphatic carbocycles. The summed E-state index contributed by atoms with van der Waals surface area (Å²) in [6.45, 7) is 1.60. The van der Waals surface area contributed by atoms with E-state index in [9.17, 15) is 14.4 Å². The van der Waals surface area contributed by atoms with Crippen molar-refractivity contribution in [2.24, 2.45) is 0 Å². The largest absolute Gasteiger partial charge is 0.456 e. The molecule has 0 saturated heterocycles. The predicted molar refractivity (Wildman–Crippen MR) is 97.0 cm³/mol. The number of carbonyl (C=O) groups excluding carboxylic acids is 3. The second kappa shape index (κ2) is 9.19. The van der Waals surface area contributed by atoms with Crippen molar-refractivity contribution in [2.45, 2.75) is 13.3 Å². The molecule has 132 valence electrons. The fourth-order valence-corrected chi connectivity index (χ4v) is 2.68. The summed E-state index contributed by atoms with van der Waals surface area (Å²) < 4.78 is 4.87. The summed E-state index contributed by atoms with van der Waals surface area (Å²) in [4.78, 5) is 35.6. The van der Waals surface area contributed by atoms with Crippen molar-refractivity contribution in [3.05, 3.63) is 51.2 Å². The lowest BCUT2D eigenvalue weighted by Crippen LogP contribution is -2.27. The standard InChI is InChI=1S/C17H17ClN2O4S/c1-11-4-5-12(9-13(11)18)20-15(21)10-24-16(22)6-7-19-17(23)14-3-2-8-25-14/h2-5,8-9H,6-7,10H2,1H3,(H,19,23)(H,20,21). The molecule has 2 rings (SSSR count). The number of esters is 1. The van der Waals surface area contributed by atoms with Crippen LogP contribution in [0.5, 0.6) is 0 Å². The van der Waals surface area contributed by atoms with Crippen LogP contribution in [0.4, 0.5) is 5.69 Å². The van der Waals surface area contributed by atoms with Crippen molar-refractivity contribution in [3.63, 3.8) is 0 Å². The maximum absolute atomic E-state index is 11.8. The van der Waals surface area contributed by atoms with Crippen LogP contribution >= 0.6 is 22.9 Å². The molecule has 0 saturated carbocycles. The van der Waals surface area contributed by atoms with Crippen molar-refractivity contribution in [1.29, 1.82) is 0 Å². The number of rotatable bonds is 7. The van der Waals surface area contributed by atoms with E-state index < -0.39 is 18.5 Å². The molecule has 0 spiro atoms. The molecule has 1 aromatic carbocycles. The zero-order valence-corrected chi connectivity index (χ0v) is 15.1. The van der Waals surface area contributed by atoms with Crippen molar-refractivity contribution in [1.82, 2.24) is 5.32 Å². The third-order valence-corrected chi connectivity index (χ3v) is 4.46. The van der Waals surface area contributed by atoms with Gasteiger partial charge in [-0.25, -0.2) is 0 Å². The minimum absolute atomic E-state index is 0.0131. The fraction of sp³-hybridized carbons (Fsp3) is 0.235. The third-order valence-electron chi connectivity index (χ3n) is 3.18. The Morgan fingerprint density at radius 2 is 2.04 bits per heavy atom. The van der Waals surface area contributed by atoms with E-state index in [4.69, 9.17) is 16.3 Å². The lowest BCUT2D eigenvalue weighted by atomic mass is 10.2. The summed E-state index contributed by atoms with van der Waals surface area (Å²) in [7, 11) is 0. The molecule has 6 nitrogen and oxygen atoms in total. The second-order valence-electron chi connectivity index (χ2n) is 5.16. The van der Waals surface area contributed by atoms with Gasteiger partial charge in [-0.1, -0.05) is 23.7 Å². The third kappa shape index (κ3) is 6.21. The van der Waals surface area contributed by atoms with E-state index in [1.54, 1.807) is 35.7 Å². The molecule has 1 aromatic heterocycles. The van der Waals surface area contributed by atoms with Crippen LogP contribution in [0.25, 0.3) is 0 Å². The molecular weight excluding hydrogens is 364 g/mol. The second-order valence-corrected chi connectivity index (χ2v) is 6.51. The van der Waals surface area contributed by atoms with E-state index in [0.717, 1.165) is 5.56 Å². The van der Waals surface area contributed by atoms with Crippen molar-refractivity contribution in [2.75, 3.05) is 18.5 Å². The first-order valence-electron chi connectivity index (χ1n) is 7.49. The molecule has 2 amide bonds. The van der Waals surface area contributed by atoms with Crippen molar-refractivity contribution >= 4 is 46.4 Å². The van der Waals surface area contributed by atoms with Gasteiger partial charge in [0.15, 0.2) is 6.61 Å². The average molecular weight is 381 g/mol. The lowest BCUT2D eigenvalue weighted by Gasteiger charge is -2.08. The SMILES string of the molecule is Cc1ccc(NC(=O)COC(=O)CCNC(=O)c2cccs2)cc1Cl. The summed E-state index contributed by atoms with van der Waals surface area (Å²) in [5, 5.41) is 7.53. The van der Waals surface area contributed by atoms with E-state index in [1.807, 2.05) is 6.92 Å². The van der Waals surface area contributed by atoms with Crippen molar-refractivity contribution < 1.29 is 19.1 Å². The van der Waals surface area contributed by atoms with Gasteiger partial charge < -0.3 is 15.4 Å². The monoisotopic (exact) mass is 380 g/mol. The van der Waals surface area contributed by atoms with Gasteiger partial charge in [0.1, 0.15) is 0 Å². The number of anilines is 1. The molecule has 0 aliphatic rings. The number of hydrogen-bond acceptors (Lipinski definition) is 5. The lowest BCUT2D eigenvalue weighted by molar-refractivity contribution is -0.147. The number of aryl methyl sites for hydroxylation is 1. The highest BCUT2D eigenvalue weighted by molar-refractivity contribution is 7.12. The van der Waals surface area contributed by atoms with Gasteiger partial charge in [-0.05, 0) is 36.1 Å². The molecule has 2 aromatic rings. The number of amides is 2. The Balaban J connectivity index is 1.66. The smallest absolute Gasteiger partial charge is 0.308 e. The zero-order chi connectivity index (χ0) is 18.2.